The smallest absolute Gasteiger partial charge is 0.179 e. The van der Waals surface area contributed by atoms with Crippen molar-refractivity contribution in [3.8, 4) is 11.5 Å². The van der Waals surface area contributed by atoms with Gasteiger partial charge in [0.1, 0.15) is 19.3 Å². The summed E-state index contributed by atoms with van der Waals surface area (Å²) in [6, 6.07) is 5.17. The van der Waals surface area contributed by atoms with Crippen LogP contribution < -0.4 is 9.47 Å². The Bertz CT molecular complexity index is 612. The molecule has 100 valence electrons. The minimum Gasteiger partial charge on any atom is -0.486 e. The van der Waals surface area contributed by atoms with Crippen LogP contribution in [0, 0.1) is 0 Å². The van der Waals surface area contributed by atoms with Crippen molar-refractivity contribution in [3.63, 3.8) is 0 Å². The van der Waals surface area contributed by atoms with Crippen LogP contribution in [-0.4, -0.2) is 18.3 Å². The van der Waals surface area contributed by atoms with Crippen molar-refractivity contribution in [2.45, 2.75) is 6.10 Å². The lowest BCUT2D eigenvalue weighted by molar-refractivity contribution is 0.170. The van der Waals surface area contributed by atoms with E-state index in [-0.39, 0.29) is 0 Å². The summed E-state index contributed by atoms with van der Waals surface area (Å²) < 4.78 is 10.9. The van der Waals surface area contributed by atoms with Gasteiger partial charge in [-0.3, -0.25) is 0 Å². The zero-order chi connectivity index (χ0) is 13.4. The Morgan fingerprint density at radius 2 is 1.95 bits per heavy atom. The highest BCUT2D eigenvalue weighted by Gasteiger charge is 2.22. The van der Waals surface area contributed by atoms with Crippen molar-refractivity contribution in [1.29, 1.82) is 0 Å². The Morgan fingerprint density at radius 1 is 1.16 bits per heavy atom. The van der Waals surface area contributed by atoms with Crippen molar-refractivity contribution < 1.29 is 14.6 Å². The average Bonchev–Trinajstić information content (AvgIpc) is 2.84. The van der Waals surface area contributed by atoms with E-state index in [2.05, 4.69) is 0 Å². The number of ether oxygens (including phenoxy) is 2. The number of aliphatic hydroxyl groups excluding tert-OH is 1. The van der Waals surface area contributed by atoms with E-state index >= 15 is 0 Å². The Labute approximate surface area is 124 Å². The molecule has 3 nitrogen and oxygen atoms in total. The lowest BCUT2D eigenvalue weighted by atomic mass is 10.1. The second-order valence-corrected chi connectivity index (χ2v) is 5.82. The van der Waals surface area contributed by atoms with Crippen LogP contribution in [0.4, 0.5) is 0 Å². The van der Waals surface area contributed by atoms with Crippen molar-refractivity contribution in [1.82, 2.24) is 0 Å². The molecule has 2 aromatic rings. The van der Waals surface area contributed by atoms with E-state index < -0.39 is 6.10 Å². The summed E-state index contributed by atoms with van der Waals surface area (Å²) in [5.41, 5.74) is 0.638. The van der Waals surface area contributed by atoms with E-state index in [0.717, 1.165) is 0 Å². The van der Waals surface area contributed by atoms with Gasteiger partial charge in [0.15, 0.2) is 11.5 Å². The van der Waals surface area contributed by atoms with Crippen LogP contribution in [0.25, 0.3) is 0 Å². The summed E-state index contributed by atoms with van der Waals surface area (Å²) in [6.45, 7) is 0.952. The van der Waals surface area contributed by atoms with Crippen LogP contribution in [0.15, 0.2) is 23.6 Å². The summed E-state index contributed by atoms with van der Waals surface area (Å²) in [7, 11) is 0. The van der Waals surface area contributed by atoms with Gasteiger partial charge >= 0.3 is 0 Å². The third-order valence-corrected chi connectivity index (χ3v) is 4.52. The number of hydrogen-bond acceptors (Lipinski definition) is 4. The summed E-state index contributed by atoms with van der Waals surface area (Å²) in [5.74, 6) is 1.08. The van der Waals surface area contributed by atoms with Crippen LogP contribution in [0.2, 0.25) is 10.0 Å². The maximum atomic E-state index is 10.4. The summed E-state index contributed by atoms with van der Waals surface area (Å²) in [4.78, 5) is 0.689. The molecule has 0 amide bonds. The maximum absolute atomic E-state index is 10.4. The van der Waals surface area contributed by atoms with Crippen LogP contribution in [-0.2, 0) is 0 Å². The Kier molecular flexibility index (Phi) is 3.58. The molecule has 1 aromatic heterocycles. The molecule has 1 N–H and O–H groups in total. The molecule has 0 aliphatic carbocycles. The molecule has 6 heteroatoms. The van der Waals surface area contributed by atoms with Crippen LogP contribution in [0.5, 0.6) is 11.5 Å². The lowest BCUT2D eigenvalue weighted by Gasteiger charge is -2.21. The minimum absolute atomic E-state index is 0.430. The predicted octanol–water partition coefficient (Wildman–Crippen LogP) is 3.91. The first-order valence-electron chi connectivity index (χ1n) is 5.67. The quantitative estimate of drug-likeness (QED) is 0.913. The van der Waals surface area contributed by atoms with E-state index in [9.17, 15) is 5.11 Å². The highest BCUT2D eigenvalue weighted by Crippen LogP contribution is 2.42. The molecule has 1 aromatic carbocycles. The Hall–Kier alpha value is -0.940. The number of hydrogen-bond donors (Lipinski definition) is 1. The van der Waals surface area contributed by atoms with E-state index in [4.69, 9.17) is 32.7 Å². The molecule has 1 aliphatic rings. The van der Waals surface area contributed by atoms with Gasteiger partial charge in [0.05, 0.1) is 14.9 Å². The van der Waals surface area contributed by atoms with Gasteiger partial charge < -0.3 is 14.6 Å². The molecule has 1 aliphatic heterocycles. The Morgan fingerprint density at radius 3 is 2.68 bits per heavy atom. The molecule has 0 fully saturated rings. The summed E-state index contributed by atoms with van der Waals surface area (Å²) in [5, 5.41) is 13.2. The molecular weight excluding hydrogens is 307 g/mol. The number of rotatable bonds is 2. The van der Waals surface area contributed by atoms with E-state index in [1.165, 1.54) is 11.3 Å². The SMILES string of the molecule is OC(c1cc(Cl)c2c(c1)OCCO2)c1sccc1Cl. The van der Waals surface area contributed by atoms with Crippen LogP contribution >= 0.6 is 34.5 Å². The van der Waals surface area contributed by atoms with E-state index in [1.807, 2.05) is 5.38 Å². The Balaban J connectivity index is 2.02. The first-order valence-corrected chi connectivity index (χ1v) is 7.30. The van der Waals surface area contributed by atoms with Crippen molar-refractivity contribution in [2.75, 3.05) is 13.2 Å². The number of aliphatic hydroxyl groups is 1. The van der Waals surface area contributed by atoms with Gasteiger partial charge in [-0.25, -0.2) is 0 Å². The summed E-state index contributed by atoms with van der Waals surface area (Å²) >= 11 is 13.6. The predicted molar refractivity (Wildman–Crippen MR) is 75.8 cm³/mol. The third kappa shape index (κ3) is 2.41. The fraction of sp³-hybridized carbons (Fsp3) is 0.231. The fourth-order valence-corrected chi connectivity index (χ4v) is 3.39. The van der Waals surface area contributed by atoms with Gasteiger partial charge in [0.2, 0.25) is 0 Å². The van der Waals surface area contributed by atoms with Gasteiger partial charge in [-0.2, -0.15) is 0 Å². The molecule has 0 saturated carbocycles. The van der Waals surface area contributed by atoms with Gasteiger partial charge in [0.25, 0.3) is 0 Å². The van der Waals surface area contributed by atoms with Gasteiger partial charge in [-0.05, 0) is 29.1 Å². The van der Waals surface area contributed by atoms with E-state index in [1.54, 1.807) is 18.2 Å². The highest BCUT2D eigenvalue weighted by molar-refractivity contribution is 7.10. The zero-order valence-electron chi connectivity index (χ0n) is 9.73. The molecule has 0 saturated heterocycles. The molecular formula is C13H10Cl2O3S. The fourth-order valence-electron chi connectivity index (χ4n) is 1.94. The second kappa shape index (κ2) is 5.21. The van der Waals surface area contributed by atoms with E-state index in [0.29, 0.717) is 45.2 Å². The normalized spacial score (nSPS) is 15.3. The van der Waals surface area contributed by atoms with Gasteiger partial charge in [-0.1, -0.05) is 23.2 Å². The second-order valence-electron chi connectivity index (χ2n) is 4.06. The number of thiophene rings is 1. The van der Waals surface area contributed by atoms with Gasteiger partial charge in [-0.15, -0.1) is 11.3 Å². The first kappa shape index (κ1) is 13.1. The number of fused-ring (bicyclic) bond motifs is 1. The third-order valence-electron chi connectivity index (χ3n) is 2.83. The van der Waals surface area contributed by atoms with Crippen molar-refractivity contribution >= 4 is 34.5 Å². The van der Waals surface area contributed by atoms with Gasteiger partial charge in [0, 0.05) is 0 Å². The summed E-state index contributed by atoms with van der Waals surface area (Å²) in [6.07, 6.45) is -0.819. The molecule has 19 heavy (non-hydrogen) atoms. The molecule has 2 heterocycles. The number of benzene rings is 1. The minimum atomic E-state index is -0.819. The molecule has 1 unspecified atom stereocenters. The molecule has 0 spiro atoms. The average molecular weight is 317 g/mol. The maximum Gasteiger partial charge on any atom is 0.179 e. The molecule has 3 rings (SSSR count). The number of halogens is 2. The molecule has 0 radical (unpaired) electrons. The highest BCUT2D eigenvalue weighted by atomic mass is 35.5. The first-order chi connectivity index (χ1) is 9.16. The lowest BCUT2D eigenvalue weighted by Crippen LogP contribution is -2.16. The largest absolute Gasteiger partial charge is 0.486 e. The molecule has 0 bridgehead atoms. The monoisotopic (exact) mass is 316 g/mol. The topological polar surface area (TPSA) is 38.7 Å². The van der Waals surface area contributed by atoms with Crippen LogP contribution in [0.1, 0.15) is 16.5 Å². The molecule has 1 atom stereocenters. The zero-order valence-corrected chi connectivity index (χ0v) is 12.1. The van der Waals surface area contributed by atoms with Crippen molar-refractivity contribution in [2.24, 2.45) is 0 Å². The van der Waals surface area contributed by atoms with Crippen molar-refractivity contribution in [3.05, 3.63) is 44.1 Å². The van der Waals surface area contributed by atoms with Crippen LogP contribution in [0.3, 0.4) is 0 Å². The standard InChI is InChI=1S/C13H10Cl2O3S/c14-8-1-4-19-13(8)11(16)7-5-9(15)12-10(6-7)17-2-3-18-12/h1,4-6,11,16H,2-3H2.